The summed E-state index contributed by atoms with van der Waals surface area (Å²) in [6, 6.07) is 10.3. The second-order valence-corrected chi connectivity index (χ2v) is 5.48. The van der Waals surface area contributed by atoms with Crippen LogP contribution in [0.5, 0.6) is 0 Å². The highest BCUT2D eigenvalue weighted by Gasteiger charge is 2.11. The molecule has 20 heavy (non-hydrogen) atoms. The fourth-order valence-corrected chi connectivity index (χ4v) is 2.32. The highest BCUT2D eigenvalue weighted by molar-refractivity contribution is 9.10. The minimum absolute atomic E-state index is 0.118. The van der Waals surface area contributed by atoms with Gasteiger partial charge in [-0.2, -0.15) is 0 Å². The molecule has 0 aliphatic carbocycles. The van der Waals surface area contributed by atoms with Gasteiger partial charge in [0.2, 0.25) is 0 Å². The Morgan fingerprint density at radius 3 is 2.70 bits per heavy atom. The summed E-state index contributed by atoms with van der Waals surface area (Å²) in [6.45, 7) is 1.95. The minimum Gasteiger partial charge on any atom is -0.258 e. The fraction of sp³-hybridized carbons (Fsp3) is 0.0714. The van der Waals surface area contributed by atoms with Crippen LogP contribution < -0.4 is 0 Å². The molecule has 0 saturated carbocycles. The zero-order valence-electron chi connectivity index (χ0n) is 10.5. The standard InChI is InChI=1S/C14H10BrClN2O2/c1-9-6-11(15)3-5-13(9)17-8-10-2-4-12(16)14(7-10)18(19)20/h2-8H,1H3. The van der Waals surface area contributed by atoms with Gasteiger partial charge in [-0.15, -0.1) is 0 Å². The molecule has 0 aliphatic heterocycles. The summed E-state index contributed by atoms with van der Waals surface area (Å²) >= 11 is 9.14. The number of aryl methyl sites for hydroxylation is 1. The highest BCUT2D eigenvalue weighted by Crippen LogP contribution is 2.26. The molecule has 0 N–H and O–H groups in total. The normalized spacial score (nSPS) is 10.9. The smallest absolute Gasteiger partial charge is 0.258 e. The summed E-state index contributed by atoms with van der Waals surface area (Å²) in [4.78, 5) is 14.6. The predicted molar refractivity (Wildman–Crippen MR) is 84.2 cm³/mol. The van der Waals surface area contributed by atoms with Crippen molar-refractivity contribution in [3.63, 3.8) is 0 Å². The van der Waals surface area contributed by atoms with Gasteiger partial charge in [-0.1, -0.05) is 33.6 Å². The monoisotopic (exact) mass is 352 g/mol. The summed E-state index contributed by atoms with van der Waals surface area (Å²) in [5, 5.41) is 10.9. The summed E-state index contributed by atoms with van der Waals surface area (Å²) in [5.41, 5.74) is 2.33. The van der Waals surface area contributed by atoms with E-state index < -0.39 is 4.92 Å². The summed E-state index contributed by atoms with van der Waals surface area (Å²) in [7, 11) is 0. The third-order valence-electron chi connectivity index (χ3n) is 2.68. The molecular formula is C14H10BrClN2O2. The number of nitrogens with zero attached hydrogens (tertiary/aromatic N) is 2. The molecule has 2 aromatic carbocycles. The lowest BCUT2D eigenvalue weighted by molar-refractivity contribution is -0.384. The van der Waals surface area contributed by atoms with Crippen molar-refractivity contribution in [2.24, 2.45) is 4.99 Å². The molecule has 2 rings (SSSR count). The van der Waals surface area contributed by atoms with Gasteiger partial charge in [0.25, 0.3) is 5.69 Å². The van der Waals surface area contributed by atoms with E-state index in [0.29, 0.717) is 5.56 Å². The van der Waals surface area contributed by atoms with Crippen molar-refractivity contribution in [1.29, 1.82) is 0 Å². The van der Waals surface area contributed by atoms with E-state index in [2.05, 4.69) is 20.9 Å². The van der Waals surface area contributed by atoms with Crippen LogP contribution in [0.3, 0.4) is 0 Å². The van der Waals surface area contributed by atoms with E-state index in [1.807, 2.05) is 25.1 Å². The van der Waals surface area contributed by atoms with Crippen molar-refractivity contribution in [2.75, 3.05) is 0 Å². The van der Waals surface area contributed by atoms with E-state index >= 15 is 0 Å². The maximum Gasteiger partial charge on any atom is 0.288 e. The number of hydrogen-bond donors (Lipinski definition) is 0. The van der Waals surface area contributed by atoms with Crippen LogP contribution in [0.2, 0.25) is 5.02 Å². The molecule has 102 valence electrons. The first-order chi connectivity index (χ1) is 9.47. The van der Waals surface area contributed by atoms with Gasteiger partial charge in [-0.3, -0.25) is 15.1 Å². The third kappa shape index (κ3) is 3.43. The largest absolute Gasteiger partial charge is 0.288 e. The number of nitro groups is 1. The Kier molecular flexibility index (Phi) is 4.52. The molecule has 0 amide bonds. The van der Waals surface area contributed by atoms with Crippen molar-refractivity contribution in [2.45, 2.75) is 6.92 Å². The summed E-state index contributed by atoms with van der Waals surface area (Å²) < 4.78 is 0.982. The molecule has 0 saturated heterocycles. The van der Waals surface area contributed by atoms with E-state index in [0.717, 1.165) is 15.7 Å². The number of rotatable bonds is 3. The maximum atomic E-state index is 10.8. The summed E-state index contributed by atoms with van der Waals surface area (Å²) in [6.07, 6.45) is 1.58. The highest BCUT2D eigenvalue weighted by atomic mass is 79.9. The van der Waals surface area contributed by atoms with Crippen LogP contribution in [0.25, 0.3) is 0 Å². The first kappa shape index (κ1) is 14.7. The van der Waals surface area contributed by atoms with E-state index in [1.165, 1.54) is 12.1 Å². The zero-order chi connectivity index (χ0) is 14.7. The molecule has 0 heterocycles. The average Bonchev–Trinajstić information content (AvgIpc) is 2.39. The average molecular weight is 354 g/mol. The van der Waals surface area contributed by atoms with Gasteiger partial charge in [0, 0.05) is 16.8 Å². The van der Waals surface area contributed by atoms with Crippen LogP contribution in [0.1, 0.15) is 11.1 Å². The van der Waals surface area contributed by atoms with E-state index in [9.17, 15) is 10.1 Å². The topological polar surface area (TPSA) is 55.5 Å². The van der Waals surface area contributed by atoms with Gasteiger partial charge in [0.05, 0.1) is 10.6 Å². The molecule has 0 atom stereocenters. The Hall–Kier alpha value is -1.72. The molecule has 0 fully saturated rings. The van der Waals surface area contributed by atoms with Crippen molar-refractivity contribution in [1.82, 2.24) is 0 Å². The van der Waals surface area contributed by atoms with E-state index in [1.54, 1.807) is 12.3 Å². The van der Waals surface area contributed by atoms with Gasteiger partial charge >= 0.3 is 0 Å². The van der Waals surface area contributed by atoms with E-state index in [4.69, 9.17) is 11.6 Å². The number of halogens is 2. The molecule has 0 bridgehead atoms. The Balaban J connectivity index is 2.32. The van der Waals surface area contributed by atoms with E-state index in [-0.39, 0.29) is 10.7 Å². The number of hydrogen-bond acceptors (Lipinski definition) is 3. The fourth-order valence-electron chi connectivity index (χ4n) is 1.66. The molecule has 2 aromatic rings. The van der Waals surface area contributed by atoms with Gasteiger partial charge in [-0.05, 0) is 42.3 Å². The first-order valence-electron chi connectivity index (χ1n) is 5.71. The molecule has 0 aliphatic rings. The van der Waals surface area contributed by atoms with Crippen LogP contribution >= 0.6 is 27.5 Å². The molecular weight excluding hydrogens is 344 g/mol. The molecule has 0 unspecified atom stereocenters. The molecule has 0 aromatic heterocycles. The molecule has 6 heteroatoms. The van der Waals surface area contributed by atoms with Crippen molar-refractivity contribution in [3.8, 4) is 0 Å². The molecule has 0 spiro atoms. The SMILES string of the molecule is Cc1cc(Br)ccc1N=Cc1ccc(Cl)c([N+](=O)[O-])c1. The van der Waals surface area contributed by atoms with Gasteiger partial charge < -0.3 is 0 Å². The zero-order valence-corrected chi connectivity index (χ0v) is 12.9. The Bertz CT molecular complexity index is 702. The Labute approximate surface area is 129 Å². The van der Waals surface area contributed by atoms with Crippen LogP contribution in [-0.4, -0.2) is 11.1 Å². The third-order valence-corrected chi connectivity index (χ3v) is 3.49. The second-order valence-electron chi connectivity index (χ2n) is 4.16. The first-order valence-corrected chi connectivity index (χ1v) is 6.88. The minimum atomic E-state index is -0.509. The van der Waals surface area contributed by atoms with Crippen molar-refractivity contribution >= 4 is 45.1 Å². The Morgan fingerprint density at radius 1 is 1.30 bits per heavy atom. The number of aliphatic imine (C=N–C) groups is 1. The molecule has 4 nitrogen and oxygen atoms in total. The lowest BCUT2D eigenvalue weighted by Crippen LogP contribution is -1.91. The quantitative estimate of drug-likeness (QED) is 0.439. The van der Waals surface area contributed by atoms with Gasteiger partial charge in [0.15, 0.2) is 0 Å². The molecule has 0 radical (unpaired) electrons. The van der Waals surface area contributed by atoms with Crippen LogP contribution in [0.4, 0.5) is 11.4 Å². The van der Waals surface area contributed by atoms with Gasteiger partial charge in [-0.25, -0.2) is 0 Å². The lowest BCUT2D eigenvalue weighted by Gasteiger charge is -2.01. The summed E-state index contributed by atoms with van der Waals surface area (Å²) in [5.74, 6) is 0. The predicted octanol–water partition coefficient (Wildman–Crippen LogP) is 5.07. The van der Waals surface area contributed by atoms with Crippen molar-refractivity contribution < 1.29 is 4.92 Å². The lowest BCUT2D eigenvalue weighted by atomic mass is 10.2. The van der Waals surface area contributed by atoms with Crippen LogP contribution in [-0.2, 0) is 0 Å². The van der Waals surface area contributed by atoms with Crippen molar-refractivity contribution in [3.05, 3.63) is 67.1 Å². The van der Waals surface area contributed by atoms with Crippen LogP contribution in [0.15, 0.2) is 45.9 Å². The maximum absolute atomic E-state index is 10.8. The second kappa shape index (κ2) is 6.15. The number of benzene rings is 2. The Morgan fingerprint density at radius 2 is 2.05 bits per heavy atom. The van der Waals surface area contributed by atoms with Crippen LogP contribution in [0, 0.1) is 17.0 Å². The number of nitro benzene ring substituents is 1. The van der Waals surface area contributed by atoms with Gasteiger partial charge in [0.1, 0.15) is 5.02 Å².